The Balaban J connectivity index is 2.32. The maximum absolute atomic E-state index is 14.0. The largest absolute Gasteiger partial charge is 0.494 e. The van der Waals surface area contributed by atoms with Crippen LogP contribution in [0.15, 0.2) is 48.5 Å². The Morgan fingerprint density at radius 1 is 0.947 bits per heavy atom. The van der Waals surface area contributed by atoms with E-state index in [1.165, 1.54) is 19.2 Å². The van der Waals surface area contributed by atoms with E-state index < -0.39 is 18.0 Å². The molecule has 3 nitrogen and oxygen atoms in total. The fourth-order valence-electron chi connectivity index (χ4n) is 1.92. The van der Waals surface area contributed by atoms with Crippen LogP contribution >= 0.6 is 0 Å². The van der Waals surface area contributed by atoms with Crippen molar-refractivity contribution in [1.29, 1.82) is 0 Å². The van der Waals surface area contributed by atoms with Crippen molar-refractivity contribution in [2.75, 3.05) is 7.11 Å². The first-order valence-electron chi connectivity index (χ1n) is 5.88. The van der Waals surface area contributed by atoms with Gasteiger partial charge in [-0.05, 0) is 11.6 Å². The maximum atomic E-state index is 14.0. The Labute approximate surface area is 110 Å². The van der Waals surface area contributed by atoms with Gasteiger partial charge in [0, 0.05) is 5.56 Å². The molecule has 19 heavy (non-hydrogen) atoms. The molecule has 0 fully saturated rings. The Morgan fingerprint density at radius 2 is 1.63 bits per heavy atom. The molecule has 2 atom stereocenters. The number of rotatable bonds is 4. The highest BCUT2D eigenvalue weighted by atomic mass is 19.1. The van der Waals surface area contributed by atoms with Gasteiger partial charge in [-0.25, -0.2) is 4.39 Å². The zero-order valence-corrected chi connectivity index (χ0v) is 10.5. The molecule has 0 aliphatic rings. The van der Waals surface area contributed by atoms with Gasteiger partial charge in [-0.15, -0.1) is 0 Å². The third-order valence-electron chi connectivity index (χ3n) is 2.97. The first-order chi connectivity index (χ1) is 9.15. The topological polar surface area (TPSA) is 49.7 Å². The van der Waals surface area contributed by atoms with Crippen LogP contribution in [0.2, 0.25) is 0 Å². The second kappa shape index (κ2) is 5.82. The highest BCUT2D eigenvalue weighted by Gasteiger charge is 2.24. The predicted molar refractivity (Wildman–Crippen MR) is 69.3 cm³/mol. The summed E-state index contributed by atoms with van der Waals surface area (Å²) >= 11 is 0. The predicted octanol–water partition coefficient (Wildman–Crippen LogP) is 2.60. The molecule has 2 N–H and O–H groups in total. The van der Waals surface area contributed by atoms with E-state index in [-0.39, 0.29) is 11.3 Å². The summed E-state index contributed by atoms with van der Waals surface area (Å²) in [7, 11) is 1.35. The van der Waals surface area contributed by atoms with E-state index in [0.29, 0.717) is 5.56 Å². The lowest BCUT2D eigenvalue weighted by atomic mass is 9.98. The average Bonchev–Trinajstić information content (AvgIpc) is 2.47. The van der Waals surface area contributed by atoms with Gasteiger partial charge in [-0.2, -0.15) is 0 Å². The first-order valence-corrected chi connectivity index (χ1v) is 5.88. The van der Waals surface area contributed by atoms with Crippen LogP contribution in [0.5, 0.6) is 5.75 Å². The van der Waals surface area contributed by atoms with Crippen molar-refractivity contribution in [3.8, 4) is 5.75 Å². The summed E-state index contributed by atoms with van der Waals surface area (Å²) in [6.07, 6.45) is -2.54. The molecule has 0 aromatic heterocycles. The summed E-state index contributed by atoms with van der Waals surface area (Å²) in [5.74, 6) is -0.621. The molecule has 0 saturated heterocycles. The monoisotopic (exact) mass is 262 g/mol. The molecule has 0 bridgehead atoms. The van der Waals surface area contributed by atoms with E-state index in [2.05, 4.69) is 0 Å². The summed E-state index contributed by atoms with van der Waals surface area (Å²) in [6.45, 7) is 0. The lowest BCUT2D eigenvalue weighted by Gasteiger charge is -2.19. The van der Waals surface area contributed by atoms with E-state index in [9.17, 15) is 14.6 Å². The summed E-state index contributed by atoms with van der Waals surface area (Å²) in [4.78, 5) is 0. The van der Waals surface area contributed by atoms with Gasteiger partial charge in [-0.1, -0.05) is 42.5 Å². The van der Waals surface area contributed by atoms with E-state index in [1.807, 2.05) is 0 Å². The summed E-state index contributed by atoms with van der Waals surface area (Å²) < 4.78 is 18.9. The second-order valence-corrected chi connectivity index (χ2v) is 4.16. The normalized spacial score (nSPS) is 13.9. The van der Waals surface area contributed by atoms with Crippen LogP contribution in [0.4, 0.5) is 4.39 Å². The summed E-state index contributed by atoms with van der Waals surface area (Å²) in [5, 5.41) is 20.2. The van der Waals surface area contributed by atoms with Crippen LogP contribution in [0, 0.1) is 5.82 Å². The van der Waals surface area contributed by atoms with Gasteiger partial charge < -0.3 is 14.9 Å². The molecule has 0 aliphatic heterocycles. The first kappa shape index (κ1) is 13.5. The summed E-state index contributed by atoms with van der Waals surface area (Å²) in [6, 6.07) is 13.1. The Morgan fingerprint density at radius 3 is 2.26 bits per heavy atom. The van der Waals surface area contributed by atoms with Crippen molar-refractivity contribution in [2.45, 2.75) is 12.2 Å². The van der Waals surface area contributed by atoms with Gasteiger partial charge in [0.1, 0.15) is 12.2 Å². The van der Waals surface area contributed by atoms with Gasteiger partial charge in [0.15, 0.2) is 11.6 Å². The van der Waals surface area contributed by atoms with E-state index in [0.717, 1.165) is 0 Å². The number of hydrogen-bond acceptors (Lipinski definition) is 3. The van der Waals surface area contributed by atoms with E-state index in [1.54, 1.807) is 36.4 Å². The maximum Gasteiger partial charge on any atom is 0.170 e. The second-order valence-electron chi connectivity index (χ2n) is 4.16. The molecule has 4 heteroatoms. The van der Waals surface area contributed by atoms with Crippen LogP contribution < -0.4 is 4.74 Å². The number of aliphatic hydroxyl groups is 2. The Kier molecular flexibility index (Phi) is 4.14. The SMILES string of the molecule is COc1cccc(C(O)C(O)c2ccccc2)c1F. The number of ether oxygens (including phenoxy) is 1. The van der Waals surface area contributed by atoms with Crippen molar-refractivity contribution in [3.63, 3.8) is 0 Å². The van der Waals surface area contributed by atoms with Crippen LogP contribution in [0.25, 0.3) is 0 Å². The quantitative estimate of drug-likeness (QED) is 0.890. The standard InChI is InChI=1S/C15H15FO3/c1-19-12-9-5-8-11(13(12)16)15(18)14(17)10-6-3-2-4-7-10/h2-9,14-15,17-18H,1H3. The minimum absolute atomic E-state index is 0.00991. The minimum Gasteiger partial charge on any atom is -0.494 e. The minimum atomic E-state index is -1.35. The highest BCUT2D eigenvalue weighted by Crippen LogP contribution is 2.32. The number of hydrogen-bond donors (Lipinski definition) is 2. The van der Waals surface area contributed by atoms with E-state index in [4.69, 9.17) is 4.74 Å². The number of methoxy groups -OCH3 is 1. The number of aliphatic hydroxyl groups excluding tert-OH is 2. The van der Waals surface area contributed by atoms with Crippen LogP contribution in [0.3, 0.4) is 0 Å². The molecule has 2 rings (SSSR count). The van der Waals surface area contributed by atoms with Crippen molar-refractivity contribution >= 4 is 0 Å². The fraction of sp³-hybridized carbons (Fsp3) is 0.200. The fourth-order valence-corrected chi connectivity index (χ4v) is 1.92. The lowest BCUT2D eigenvalue weighted by Crippen LogP contribution is -2.12. The Bertz CT molecular complexity index is 542. The molecule has 0 radical (unpaired) electrons. The highest BCUT2D eigenvalue weighted by molar-refractivity contribution is 5.34. The molecule has 2 aromatic rings. The van der Waals surface area contributed by atoms with Crippen LogP contribution in [-0.2, 0) is 0 Å². The van der Waals surface area contributed by atoms with Gasteiger partial charge in [0.2, 0.25) is 0 Å². The molecule has 2 unspecified atom stereocenters. The molecule has 0 saturated carbocycles. The van der Waals surface area contributed by atoms with Crippen molar-refractivity contribution in [1.82, 2.24) is 0 Å². The zero-order valence-electron chi connectivity index (χ0n) is 10.5. The number of benzene rings is 2. The molecule has 0 spiro atoms. The zero-order chi connectivity index (χ0) is 13.8. The van der Waals surface area contributed by atoms with Crippen molar-refractivity contribution < 1.29 is 19.3 Å². The third-order valence-corrected chi connectivity index (χ3v) is 2.97. The molecule has 0 amide bonds. The molecule has 0 aliphatic carbocycles. The van der Waals surface area contributed by atoms with Crippen molar-refractivity contribution in [2.24, 2.45) is 0 Å². The third kappa shape index (κ3) is 2.75. The summed E-state index contributed by atoms with van der Waals surface area (Å²) in [5.41, 5.74) is 0.535. The van der Waals surface area contributed by atoms with Crippen LogP contribution in [-0.4, -0.2) is 17.3 Å². The van der Waals surface area contributed by atoms with Gasteiger partial charge in [0.05, 0.1) is 7.11 Å². The molecule has 0 heterocycles. The molecule has 2 aromatic carbocycles. The van der Waals surface area contributed by atoms with Gasteiger partial charge >= 0.3 is 0 Å². The molecular formula is C15H15FO3. The molecular weight excluding hydrogens is 247 g/mol. The van der Waals surface area contributed by atoms with Crippen LogP contribution in [0.1, 0.15) is 23.3 Å². The van der Waals surface area contributed by atoms with Gasteiger partial charge in [-0.3, -0.25) is 0 Å². The Hall–Kier alpha value is -1.91. The lowest BCUT2D eigenvalue weighted by molar-refractivity contribution is 0.0149. The molecule has 100 valence electrons. The van der Waals surface area contributed by atoms with Gasteiger partial charge in [0.25, 0.3) is 0 Å². The van der Waals surface area contributed by atoms with E-state index >= 15 is 0 Å². The average molecular weight is 262 g/mol. The smallest absolute Gasteiger partial charge is 0.170 e. The number of halogens is 1. The van der Waals surface area contributed by atoms with Crippen molar-refractivity contribution in [3.05, 3.63) is 65.5 Å².